The van der Waals surface area contributed by atoms with E-state index < -0.39 is 6.42 Å². The number of methoxy groups -OCH3 is 1. The van der Waals surface area contributed by atoms with Crippen molar-refractivity contribution in [3.05, 3.63) is 0 Å². The van der Waals surface area contributed by atoms with E-state index in [0.29, 0.717) is 12.4 Å². The average Bonchev–Trinajstić information content (AvgIpc) is 2.02. The first kappa shape index (κ1) is 12.6. The summed E-state index contributed by atoms with van der Waals surface area (Å²) in [6.07, 6.45) is 0.0220. The highest BCUT2D eigenvalue weighted by Gasteiger charge is 2.34. The highest BCUT2D eigenvalue weighted by Crippen LogP contribution is 2.55. The van der Waals surface area contributed by atoms with Crippen molar-refractivity contribution < 1.29 is 9.26 Å². The smallest absolute Gasteiger partial charge is 0.157 e. The van der Waals surface area contributed by atoms with E-state index in [1.54, 1.807) is 7.11 Å². The summed E-state index contributed by atoms with van der Waals surface area (Å²) in [6, 6.07) is 0.448. The van der Waals surface area contributed by atoms with Crippen LogP contribution in [0.3, 0.4) is 0 Å². The second-order valence-corrected chi connectivity index (χ2v) is 7.99. The van der Waals surface area contributed by atoms with Crippen molar-refractivity contribution in [3.8, 4) is 0 Å². The first-order valence-corrected chi connectivity index (χ1v) is 7.89. The Morgan fingerprint density at radius 3 is 2.79 bits per heavy atom. The van der Waals surface area contributed by atoms with Crippen LogP contribution in [-0.4, -0.2) is 36.8 Å². The fourth-order valence-electron chi connectivity index (χ4n) is 1.74. The van der Waals surface area contributed by atoms with Crippen LogP contribution in [0, 0.1) is 0 Å². The third kappa shape index (κ3) is 2.77. The van der Waals surface area contributed by atoms with Crippen LogP contribution in [-0.2, 0) is 21.1 Å². The van der Waals surface area contributed by atoms with Crippen molar-refractivity contribution in [3.63, 3.8) is 0 Å². The maximum Gasteiger partial charge on any atom is 0.157 e. The van der Waals surface area contributed by atoms with Gasteiger partial charge in [0.1, 0.15) is 6.35 Å². The van der Waals surface area contributed by atoms with Crippen LogP contribution in [0.25, 0.3) is 0 Å². The van der Waals surface area contributed by atoms with E-state index in [1.165, 1.54) is 0 Å². The van der Waals surface area contributed by atoms with Crippen LogP contribution in [0.1, 0.15) is 27.2 Å². The van der Waals surface area contributed by atoms with E-state index in [9.17, 15) is 0 Å². The number of hydrogen-bond donors (Lipinski definition) is 0. The first-order valence-electron chi connectivity index (χ1n) is 5.03. The van der Waals surface area contributed by atoms with E-state index in [-0.39, 0.29) is 6.10 Å². The van der Waals surface area contributed by atoms with Gasteiger partial charge in [-0.2, -0.15) is 0 Å². The summed E-state index contributed by atoms with van der Waals surface area (Å²) < 4.78 is 13.4. The lowest BCUT2D eigenvalue weighted by molar-refractivity contribution is 0.132. The van der Waals surface area contributed by atoms with Gasteiger partial charge in [-0.25, -0.2) is 0 Å². The third-order valence-corrected chi connectivity index (χ3v) is 6.31. The van der Waals surface area contributed by atoms with E-state index in [2.05, 4.69) is 25.4 Å². The van der Waals surface area contributed by atoms with Crippen LogP contribution in [0.15, 0.2) is 0 Å². The number of rotatable bonds is 3. The van der Waals surface area contributed by atoms with E-state index in [1.807, 2.05) is 0 Å². The summed E-state index contributed by atoms with van der Waals surface area (Å²) in [5.74, 6) is 0. The van der Waals surface area contributed by atoms with Crippen molar-refractivity contribution in [1.82, 2.24) is 4.67 Å². The zero-order valence-electron chi connectivity index (χ0n) is 9.40. The van der Waals surface area contributed by atoms with Gasteiger partial charge in [0, 0.05) is 19.7 Å². The monoisotopic (exact) mass is 237 g/mol. The Morgan fingerprint density at radius 1 is 1.64 bits per heavy atom. The van der Waals surface area contributed by atoms with Gasteiger partial charge in [0.15, 0.2) is 6.42 Å². The molecule has 0 aromatic rings. The van der Waals surface area contributed by atoms with Gasteiger partial charge < -0.3 is 9.26 Å². The molecule has 0 amide bonds. The molecule has 3 nitrogen and oxygen atoms in total. The van der Waals surface area contributed by atoms with Gasteiger partial charge in [-0.15, -0.1) is 0 Å². The molecule has 1 aliphatic rings. The lowest BCUT2D eigenvalue weighted by atomic mass is 10.2. The molecule has 84 valence electrons. The van der Waals surface area contributed by atoms with Gasteiger partial charge >= 0.3 is 0 Å². The lowest BCUT2D eigenvalue weighted by Crippen LogP contribution is -2.37. The Hall–Kier alpha value is 0.530. The van der Waals surface area contributed by atoms with Crippen molar-refractivity contribution in [2.75, 3.05) is 20.0 Å². The molecule has 0 aliphatic carbocycles. The Kier molecular flexibility index (Phi) is 4.54. The highest BCUT2D eigenvalue weighted by atomic mass is 32.4. The summed E-state index contributed by atoms with van der Waals surface area (Å²) in [5, 5.41) is 0. The van der Waals surface area contributed by atoms with Crippen LogP contribution in [0.4, 0.5) is 0 Å². The quantitative estimate of drug-likeness (QED) is 0.703. The maximum absolute atomic E-state index is 5.91. The van der Waals surface area contributed by atoms with Crippen LogP contribution < -0.4 is 0 Å². The fourth-order valence-corrected chi connectivity index (χ4v) is 5.75. The molecular weight excluding hydrogens is 217 g/mol. The molecule has 2 atom stereocenters. The Balaban J connectivity index is 2.78. The van der Waals surface area contributed by atoms with Crippen LogP contribution in [0.2, 0.25) is 0 Å². The minimum atomic E-state index is -1.89. The summed E-state index contributed by atoms with van der Waals surface area (Å²) in [6.45, 7) is 7.46. The standard InChI is InChI=1S/C9H20NO2PS/c1-8(2)10-6-5-9(3)12-13(10,14)7-11-4/h8-9H,5-7H2,1-4H3/t9-,13-/m0/s1. The van der Waals surface area contributed by atoms with E-state index >= 15 is 0 Å². The largest absolute Gasteiger partial charge is 0.376 e. The van der Waals surface area contributed by atoms with Gasteiger partial charge in [-0.3, -0.25) is 4.67 Å². The zero-order valence-corrected chi connectivity index (χ0v) is 11.1. The molecule has 0 aromatic carbocycles. The molecule has 0 unspecified atom stereocenters. The molecule has 0 spiro atoms. The zero-order chi connectivity index (χ0) is 10.8. The number of nitrogens with zero attached hydrogens (tertiary/aromatic N) is 1. The molecule has 1 saturated heterocycles. The van der Waals surface area contributed by atoms with Gasteiger partial charge in [-0.1, -0.05) is 0 Å². The topological polar surface area (TPSA) is 21.7 Å². The highest BCUT2D eigenvalue weighted by molar-refractivity contribution is 8.11. The number of hydrogen-bond acceptors (Lipinski definition) is 3. The SMILES string of the molecule is COC[P@@]1(=S)O[C@@H](C)CCN1C(C)C. The van der Waals surface area contributed by atoms with Crippen molar-refractivity contribution in [2.45, 2.75) is 39.3 Å². The van der Waals surface area contributed by atoms with Crippen molar-refractivity contribution >= 4 is 18.2 Å². The number of ether oxygens (including phenoxy) is 1. The molecule has 14 heavy (non-hydrogen) atoms. The Bertz CT molecular complexity index is 235. The first-order chi connectivity index (χ1) is 6.49. The molecule has 1 fully saturated rings. The minimum Gasteiger partial charge on any atom is -0.376 e. The summed E-state index contributed by atoms with van der Waals surface area (Å²) in [5.41, 5.74) is 0. The molecule has 1 heterocycles. The normalized spacial score (nSPS) is 35.1. The predicted octanol–water partition coefficient (Wildman–Crippen LogP) is 2.42. The molecular formula is C9H20NO2PS. The lowest BCUT2D eigenvalue weighted by Gasteiger charge is -2.42. The minimum absolute atomic E-state index is 0.283. The van der Waals surface area contributed by atoms with Gasteiger partial charge in [0.05, 0.1) is 6.10 Å². The average molecular weight is 237 g/mol. The van der Waals surface area contributed by atoms with E-state index in [0.717, 1.165) is 13.0 Å². The molecule has 0 radical (unpaired) electrons. The molecule has 0 bridgehead atoms. The summed E-state index contributed by atoms with van der Waals surface area (Å²) in [7, 11) is 1.69. The summed E-state index contributed by atoms with van der Waals surface area (Å²) in [4.78, 5) is 0. The fraction of sp³-hybridized carbons (Fsp3) is 1.00. The summed E-state index contributed by atoms with van der Waals surface area (Å²) >= 11 is 5.62. The Labute approximate surface area is 91.9 Å². The van der Waals surface area contributed by atoms with Crippen LogP contribution >= 0.6 is 6.42 Å². The second-order valence-electron chi connectivity index (χ2n) is 4.02. The Morgan fingerprint density at radius 2 is 2.29 bits per heavy atom. The molecule has 0 aromatic heterocycles. The van der Waals surface area contributed by atoms with Gasteiger partial charge in [-0.05, 0) is 39.0 Å². The van der Waals surface area contributed by atoms with Crippen LogP contribution in [0.5, 0.6) is 0 Å². The molecule has 5 heteroatoms. The van der Waals surface area contributed by atoms with Crippen molar-refractivity contribution in [1.29, 1.82) is 0 Å². The molecule has 1 aliphatic heterocycles. The molecule has 0 saturated carbocycles. The maximum atomic E-state index is 5.91. The third-order valence-electron chi connectivity index (χ3n) is 2.39. The van der Waals surface area contributed by atoms with Gasteiger partial charge in [0.25, 0.3) is 0 Å². The van der Waals surface area contributed by atoms with E-state index in [4.69, 9.17) is 21.1 Å². The van der Waals surface area contributed by atoms with Gasteiger partial charge in [0.2, 0.25) is 0 Å². The molecule has 1 rings (SSSR count). The van der Waals surface area contributed by atoms with Crippen molar-refractivity contribution in [2.24, 2.45) is 0 Å². The second kappa shape index (κ2) is 5.04. The predicted molar refractivity (Wildman–Crippen MR) is 63.2 cm³/mol. The molecule has 0 N–H and O–H groups in total.